The first-order valence-electron chi connectivity index (χ1n) is 7.42. The maximum atomic E-state index is 9.06. The van der Waals surface area contributed by atoms with Crippen LogP contribution in [0.4, 0.5) is 0 Å². The lowest BCUT2D eigenvalue weighted by atomic mass is 9.95. The van der Waals surface area contributed by atoms with Gasteiger partial charge in [0.15, 0.2) is 0 Å². The van der Waals surface area contributed by atoms with E-state index in [1.807, 2.05) is 18.2 Å². The summed E-state index contributed by atoms with van der Waals surface area (Å²) in [6.07, 6.45) is 4.95. The van der Waals surface area contributed by atoms with Gasteiger partial charge < -0.3 is 9.63 Å². The van der Waals surface area contributed by atoms with Gasteiger partial charge in [0.1, 0.15) is 5.69 Å². The monoisotopic (exact) mass is 288 g/mol. The molecule has 0 aliphatic carbocycles. The average Bonchev–Trinajstić information content (AvgIpc) is 2.97. The summed E-state index contributed by atoms with van der Waals surface area (Å²) in [7, 11) is 0. The summed E-state index contributed by atoms with van der Waals surface area (Å²) < 4.78 is 5.32. The molecule has 2 aromatic heterocycles. The van der Waals surface area contributed by atoms with E-state index >= 15 is 0 Å². The van der Waals surface area contributed by atoms with Gasteiger partial charge in [-0.1, -0.05) is 11.2 Å². The number of likely N-dealkylation sites (tertiary alicyclic amines) is 1. The van der Waals surface area contributed by atoms with Gasteiger partial charge in [0, 0.05) is 19.3 Å². The molecule has 0 aromatic carbocycles. The van der Waals surface area contributed by atoms with Crippen LogP contribution in [0.1, 0.15) is 25.2 Å². The van der Waals surface area contributed by atoms with E-state index in [-0.39, 0.29) is 6.61 Å². The Morgan fingerprint density at radius 3 is 3.14 bits per heavy atom. The molecule has 3 heterocycles. The molecular formula is C15H20N4O2. The Kier molecular flexibility index (Phi) is 4.57. The summed E-state index contributed by atoms with van der Waals surface area (Å²) in [5, 5.41) is 13.0. The molecule has 1 saturated heterocycles. The molecule has 0 saturated carbocycles. The van der Waals surface area contributed by atoms with Crippen molar-refractivity contribution in [3.8, 4) is 11.5 Å². The quantitative estimate of drug-likeness (QED) is 0.903. The van der Waals surface area contributed by atoms with Crippen LogP contribution < -0.4 is 0 Å². The van der Waals surface area contributed by atoms with Gasteiger partial charge in [-0.2, -0.15) is 4.98 Å². The van der Waals surface area contributed by atoms with Crippen LogP contribution in [0.15, 0.2) is 28.9 Å². The first-order chi connectivity index (χ1) is 10.3. The van der Waals surface area contributed by atoms with Gasteiger partial charge in [-0.05, 0) is 43.9 Å². The minimum atomic E-state index is 0.267. The van der Waals surface area contributed by atoms with E-state index in [0.29, 0.717) is 24.2 Å². The van der Waals surface area contributed by atoms with Crippen LogP contribution in [0.25, 0.3) is 11.5 Å². The molecular weight excluding hydrogens is 268 g/mol. The number of aliphatic hydroxyl groups excluding tert-OH is 1. The van der Waals surface area contributed by atoms with Crippen molar-refractivity contribution in [3.05, 3.63) is 30.3 Å². The van der Waals surface area contributed by atoms with Crippen molar-refractivity contribution in [1.82, 2.24) is 20.0 Å². The zero-order chi connectivity index (χ0) is 14.5. The molecule has 3 rings (SSSR count). The van der Waals surface area contributed by atoms with Crippen LogP contribution in [-0.4, -0.2) is 44.8 Å². The van der Waals surface area contributed by atoms with E-state index in [0.717, 1.165) is 31.6 Å². The smallest absolute Gasteiger partial charge is 0.241 e. The largest absolute Gasteiger partial charge is 0.396 e. The number of piperidine rings is 1. The molecule has 1 unspecified atom stereocenters. The predicted octanol–water partition coefficient (Wildman–Crippen LogP) is 1.73. The van der Waals surface area contributed by atoms with E-state index in [2.05, 4.69) is 20.0 Å². The summed E-state index contributed by atoms with van der Waals surface area (Å²) in [5.74, 6) is 1.73. The van der Waals surface area contributed by atoms with Crippen molar-refractivity contribution in [2.24, 2.45) is 5.92 Å². The maximum absolute atomic E-state index is 9.06. The van der Waals surface area contributed by atoms with Crippen molar-refractivity contribution in [1.29, 1.82) is 0 Å². The number of hydrogen-bond donors (Lipinski definition) is 1. The molecule has 1 atom stereocenters. The second kappa shape index (κ2) is 6.78. The van der Waals surface area contributed by atoms with Crippen LogP contribution in [0.2, 0.25) is 0 Å². The number of hydrogen-bond acceptors (Lipinski definition) is 6. The lowest BCUT2D eigenvalue weighted by Crippen LogP contribution is -2.35. The van der Waals surface area contributed by atoms with Crippen LogP contribution in [0.3, 0.4) is 0 Å². The fourth-order valence-corrected chi connectivity index (χ4v) is 2.82. The predicted molar refractivity (Wildman–Crippen MR) is 77.2 cm³/mol. The highest BCUT2D eigenvalue weighted by atomic mass is 16.5. The Bertz CT molecular complexity index is 556. The summed E-state index contributed by atoms with van der Waals surface area (Å²) >= 11 is 0. The summed E-state index contributed by atoms with van der Waals surface area (Å²) in [5.41, 5.74) is 0.726. The molecule has 6 heteroatoms. The summed E-state index contributed by atoms with van der Waals surface area (Å²) in [6, 6.07) is 5.63. The van der Waals surface area contributed by atoms with Crippen molar-refractivity contribution < 1.29 is 9.63 Å². The minimum absolute atomic E-state index is 0.267. The Hall–Kier alpha value is -1.79. The third kappa shape index (κ3) is 3.65. The third-order valence-corrected chi connectivity index (χ3v) is 3.86. The molecule has 0 bridgehead atoms. The molecule has 0 spiro atoms. The average molecular weight is 288 g/mol. The van der Waals surface area contributed by atoms with E-state index < -0.39 is 0 Å². The number of pyridine rings is 1. The van der Waals surface area contributed by atoms with Crippen LogP contribution in [-0.2, 0) is 6.54 Å². The molecule has 0 amide bonds. The van der Waals surface area contributed by atoms with E-state index in [1.54, 1.807) is 6.20 Å². The van der Waals surface area contributed by atoms with Crippen molar-refractivity contribution in [2.75, 3.05) is 19.7 Å². The topological polar surface area (TPSA) is 75.3 Å². The number of aliphatic hydroxyl groups is 1. The van der Waals surface area contributed by atoms with Crippen LogP contribution in [0.5, 0.6) is 0 Å². The summed E-state index contributed by atoms with van der Waals surface area (Å²) in [6.45, 7) is 2.97. The van der Waals surface area contributed by atoms with Gasteiger partial charge in [0.05, 0.1) is 6.54 Å². The molecule has 6 nitrogen and oxygen atoms in total. The van der Waals surface area contributed by atoms with Gasteiger partial charge in [0.25, 0.3) is 0 Å². The Labute approximate surface area is 123 Å². The Morgan fingerprint density at radius 1 is 1.38 bits per heavy atom. The Morgan fingerprint density at radius 2 is 2.33 bits per heavy atom. The lowest BCUT2D eigenvalue weighted by molar-refractivity contribution is 0.130. The second-order valence-electron chi connectivity index (χ2n) is 5.48. The minimum Gasteiger partial charge on any atom is -0.396 e. The number of nitrogens with zero attached hydrogens (tertiary/aromatic N) is 4. The zero-order valence-electron chi connectivity index (χ0n) is 12.0. The molecule has 1 aliphatic heterocycles. The molecule has 0 radical (unpaired) electrons. The SMILES string of the molecule is OCCC1CCCN(Cc2nc(-c3ccccn3)no2)C1. The highest BCUT2D eigenvalue weighted by molar-refractivity contribution is 5.46. The highest BCUT2D eigenvalue weighted by Gasteiger charge is 2.21. The Balaban J connectivity index is 1.62. The van der Waals surface area contributed by atoms with Gasteiger partial charge in [-0.3, -0.25) is 9.88 Å². The molecule has 1 fully saturated rings. The fraction of sp³-hybridized carbons (Fsp3) is 0.533. The van der Waals surface area contributed by atoms with Crippen molar-refractivity contribution in [2.45, 2.75) is 25.8 Å². The lowest BCUT2D eigenvalue weighted by Gasteiger charge is -2.31. The number of rotatable bonds is 5. The first kappa shape index (κ1) is 14.2. The third-order valence-electron chi connectivity index (χ3n) is 3.86. The molecule has 21 heavy (non-hydrogen) atoms. The van der Waals surface area contributed by atoms with E-state index in [9.17, 15) is 0 Å². The highest BCUT2D eigenvalue weighted by Crippen LogP contribution is 2.21. The maximum Gasteiger partial charge on any atom is 0.241 e. The van der Waals surface area contributed by atoms with Gasteiger partial charge in [-0.15, -0.1) is 0 Å². The van der Waals surface area contributed by atoms with Gasteiger partial charge in [-0.25, -0.2) is 0 Å². The molecule has 112 valence electrons. The second-order valence-corrected chi connectivity index (χ2v) is 5.48. The van der Waals surface area contributed by atoms with Gasteiger partial charge >= 0.3 is 0 Å². The van der Waals surface area contributed by atoms with Crippen LogP contribution in [0, 0.1) is 5.92 Å². The summed E-state index contributed by atoms with van der Waals surface area (Å²) in [4.78, 5) is 11.0. The van der Waals surface area contributed by atoms with E-state index in [1.165, 1.54) is 6.42 Å². The molecule has 2 aromatic rings. The van der Waals surface area contributed by atoms with Crippen molar-refractivity contribution in [3.63, 3.8) is 0 Å². The van der Waals surface area contributed by atoms with Gasteiger partial charge in [0.2, 0.25) is 11.7 Å². The normalized spacial score (nSPS) is 19.8. The van der Waals surface area contributed by atoms with Crippen molar-refractivity contribution >= 4 is 0 Å². The van der Waals surface area contributed by atoms with Crippen LogP contribution >= 0.6 is 0 Å². The molecule has 1 N–H and O–H groups in total. The number of aromatic nitrogens is 3. The van der Waals surface area contributed by atoms with E-state index in [4.69, 9.17) is 9.63 Å². The molecule has 1 aliphatic rings. The zero-order valence-corrected chi connectivity index (χ0v) is 12.0. The first-order valence-corrected chi connectivity index (χ1v) is 7.42. The standard InChI is InChI=1S/C15H20N4O2/c20-9-6-12-4-3-8-19(10-12)11-14-17-15(18-21-14)13-5-1-2-7-16-13/h1-2,5,7,12,20H,3-4,6,8-11H2. The fourth-order valence-electron chi connectivity index (χ4n) is 2.82.